The first-order chi connectivity index (χ1) is 11.2. The number of anilines is 1. The molecule has 1 heterocycles. The maximum absolute atomic E-state index is 12.7. The number of nitrogen functional groups attached to an aromatic ring is 1. The van der Waals surface area contributed by atoms with Crippen molar-refractivity contribution in [2.75, 3.05) is 5.73 Å². The van der Waals surface area contributed by atoms with E-state index >= 15 is 0 Å². The zero-order chi connectivity index (χ0) is 16.0. The van der Waals surface area contributed by atoms with Crippen molar-refractivity contribution in [3.8, 4) is 0 Å². The van der Waals surface area contributed by atoms with Gasteiger partial charge in [-0.05, 0) is 55.8 Å². The van der Waals surface area contributed by atoms with Crippen molar-refractivity contribution in [2.45, 2.75) is 61.9 Å². The molecule has 0 aliphatic heterocycles. The van der Waals surface area contributed by atoms with Gasteiger partial charge < -0.3 is 11.1 Å². The molecule has 1 amide bonds. The molecule has 126 valence electrons. The van der Waals surface area contributed by atoms with Gasteiger partial charge in [-0.15, -0.1) is 5.10 Å². The van der Waals surface area contributed by atoms with Gasteiger partial charge in [-0.1, -0.05) is 25.1 Å². The number of carbonyl (C=O) groups excluding carboxylic acids is 1. The largest absolute Gasteiger partial charge is 0.368 e. The minimum absolute atomic E-state index is 0.132. The normalized spacial score (nSPS) is 36.1. The highest BCUT2D eigenvalue weighted by Crippen LogP contribution is 2.58. The molecule has 3 aliphatic rings. The lowest BCUT2D eigenvalue weighted by atomic mass is 9.79. The van der Waals surface area contributed by atoms with E-state index in [1.54, 1.807) is 0 Å². The van der Waals surface area contributed by atoms with Crippen LogP contribution in [0.25, 0.3) is 0 Å². The van der Waals surface area contributed by atoms with E-state index in [0.29, 0.717) is 17.1 Å². The van der Waals surface area contributed by atoms with Crippen molar-refractivity contribution in [1.82, 2.24) is 20.5 Å². The molecule has 3 aliphatic carbocycles. The Bertz CT molecular complexity index is 591. The van der Waals surface area contributed by atoms with Crippen LogP contribution in [0.5, 0.6) is 0 Å². The molecule has 23 heavy (non-hydrogen) atoms. The smallest absolute Gasteiger partial charge is 0.233 e. The number of hydrogen-bond acceptors (Lipinski definition) is 5. The first-order valence-corrected chi connectivity index (χ1v) is 9.68. The van der Waals surface area contributed by atoms with E-state index in [4.69, 9.17) is 5.73 Å². The van der Waals surface area contributed by atoms with Gasteiger partial charge in [-0.3, -0.25) is 4.79 Å². The standard InChI is InChI=1S/C16H25N5OS/c1-2-13(23-16-19-15(17)20-21-16)14(22)18-12-7-8-6-11(12)10-5-3-4-9(8)10/h8-13H,2-7H2,1H3,(H,18,22)(H3,17,19,20,21)/t8-,9-,10+,11+,12-,13+/m1/s1. The van der Waals surface area contributed by atoms with Crippen LogP contribution in [-0.4, -0.2) is 32.4 Å². The molecule has 1 aromatic heterocycles. The van der Waals surface area contributed by atoms with E-state index in [2.05, 4.69) is 20.5 Å². The fraction of sp³-hybridized carbons (Fsp3) is 0.812. The van der Waals surface area contributed by atoms with E-state index in [-0.39, 0.29) is 11.2 Å². The summed E-state index contributed by atoms with van der Waals surface area (Å²) in [7, 11) is 0. The Morgan fingerprint density at radius 1 is 1.39 bits per heavy atom. The van der Waals surface area contributed by atoms with Crippen molar-refractivity contribution in [2.24, 2.45) is 23.7 Å². The average molecular weight is 335 g/mol. The van der Waals surface area contributed by atoms with Gasteiger partial charge in [0.1, 0.15) is 0 Å². The molecule has 0 spiro atoms. The van der Waals surface area contributed by atoms with Crippen LogP contribution in [0.1, 0.15) is 45.4 Å². The fourth-order valence-corrected chi connectivity index (χ4v) is 6.12. The lowest BCUT2D eigenvalue weighted by molar-refractivity contribution is -0.121. The summed E-state index contributed by atoms with van der Waals surface area (Å²) in [6.07, 6.45) is 7.47. The molecule has 3 fully saturated rings. The van der Waals surface area contributed by atoms with E-state index in [9.17, 15) is 4.79 Å². The van der Waals surface area contributed by atoms with Crippen LogP contribution < -0.4 is 11.1 Å². The Labute approximate surface area is 140 Å². The lowest BCUT2D eigenvalue weighted by Crippen LogP contribution is -2.45. The molecule has 4 rings (SSSR count). The molecule has 0 unspecified atom stereocenters. The van der Waals surface area contributed by atoms with Gasteiger partial charge in [0.2, 0.25) is 17.0 Å². The molecular formula is C16H25N5OS. The number of carbonyl (C=O) groups is 1. The second-order valence-corrected chi connectivity index (χ2v) is 8.46. The predicted octanol–water partition coefficient (Wildman–Crippen LogP) is 2.20. The SMILES string of the molecule is CC[C@H](Sc1n[nH]c(N)n1)C(=O)N[C@@H]1C[C@H]2C[C@H]1[C@H]1CCC[C@H]21. The molecular weight excluding hydrogens is 310 g/mol. The number of H-pyrrole nitrogens is 1. The molecule has 0 aromatic carbocycles. The van der Waals surface area contributed by atoms with Crippen molar-refractivity contribution in [3.05, 3.63) is 0 Å². The predicted molar refractivity (Wildman–Crippen MR) is 89.7 cm³/mol. The summed E-state index contributed by atoms with van der Waals surface area (Å²) in [5.74, 6) is 3.84. The van der Waals surface area contributed by atoms with Crippen LogP contribution in [0.15, 0.2) is 5.16 Å². The number of nitrogens with two attached hydrogens (primary N) is 1. The van der Waals surface area contributed by atoms with Crippen molar-refractivity contribution < 1.29 is 4.79 Å². The highest BCUT2D eigenvalue weighted by molar-refractivity contribution is 8.00. The van der Waals surface area contributed by atoms with Crippen LogP contribution >= 0.6 is 11.8 Å². The van der Waals surface area contributed by atoms with Crippen LogP contribution in [0.4, 0.5) is 5.95 Å². The highest BCUT2D eigenvalue weighted by Gasteiger charge is 2.54. The number of thioether (sulfide) groups is 1. The summed E-state index contributed by atoms with van der Waals surface area (Å²) in [6, 6.07) is 0.388. The topological polar surface area (TPSA) is 96.7 Å². The minimum Gasteiger partial charge on any atom is -0.368 e. The number of fused-ring (bicyclic) bond motifs is 5. The van der Waals surface area contributed by atoms with Gasteiger partial charge in [-0.25, -0.2) is 5.10 Å². The number of nitrogens with zero attached hydrogens (tertiary/aromatic N) is 2. The summed E-state index contributed by atoms with van der Waals surface area (Å²) in [6.45, 7) is 2.03. The number of rotatable bonds is 5. The quantitative estimate of drug-likeness (QED) is 0.717. The Balaban J connectivity index is 1.37. The minimum atomic E-state index is -0.149. The van der Waals surface area contributed by atoms with E-state index < -0.39 is 0 Å². The van der Waals surface area contributed by atoms with Gasteiger partial charge in [0.05, 0.1) is 5.25 Å². The van der Waals surface area contributed by atoms with E-state index in [1.807, 2.05) is 6.92 Å². The third-order valence-electron chi connectivity index (χ3n) is 6.15. The van der Waals surface area contributed by atoms with Crippen molar-refractivity contribution in [1.29, 1.82) is 0 Å². The Morgan fingerprint density at radius 3 is 2.96 bits per heavy atom. The Morgan fingerprint density at radius 2 is 2.22 bits per heavy atom. The molecule has 4 N–H and O–H groups in total. The second-order valence-electron chi connectivity index (χ2n) is 7.29. The number of amides is 1. The Kier molecular flexibility index (Phi) is 3.99. The van der Waals surface area contributed by atoms with Crippen molar-refractivity contribution in [3.63, 3.8) is 0 Å². The Hall–Kier alpha value is -1.24. The summed E-state index contributed by atoms with van der Waals surface area (Å²) >= 11 is 1.39. The average Bonchev–Trinajstić information content (AvgIpc) is 3.26. The summed E-state index contributed by atoms with van der Waals surface area (Å²) in [4.78, 5) is 16.8. The molecule has 7 heteroatoms. The monoisotopic (exact) mass is 335 g/mol. The molecule has 0 radical (unpaired) electrons. The third-order valence-corrected chi connectivity index (χ3v) is 7.37. The molecule has 3 saturated carbocycles. The van der Waals surface area contributed by atoms with Gasteiger partial charge in [0.15, 0.2) is 0 Å². The van der Waals surface area contributed by atoms with Crippen LogP contribution in [0.2, 0.25) is 0 Å². The number of aromatic amines is 1. The van der Waals surface area contributed by atoms with Crippen LogP contribution in [0.3, 0.4) is 0 Å². The van der Waals surface area contributed by atoms with Gasteiger partial charge in [0.25, 0.3) is 0 Å². The fourth-order valence-electron chi connectivity index (χ4n) is 5.27. The van der Waals surface area contributed by atoms with Crippen molar-refractivity contribution >= 4 is 23.6 Å². The van der Waals surface area contributed by atoms with Gasteiger partial charge in [0, 0.05) is 6.04 Å². The first kappa shape index (κ1) is 15.3. The summed E-state index contributed by atoms with van der Waals surface area (Å²) < 4.78 is 0. The maximum Gasteiger partial charge on any atom is 0.233 e. The summed E-state index contributed by atoms with van der Waals surface area (Å²) in [5.41, 5.74) is 5.55. The second kappa shape index (κ2) is 6.00. The molecule has 2 bridgehead atoms. The van der Waals surface area contributed by atoms with Crippen LogP contribution in [0, 0.1) is 23.7 Å². The zero-order valence-corrected chi connectivity index (χ0v) is 14.3. The molecule has 6 nitrogen and oxygen atoms in total. The molecule has 1 aromatic rings. The zero-order valence-electron chi connectivity index (χ0n) is 13.5. The lowest BCUT2D eigenvalue weighted by Gasteiger charge is -2.32. The van der Waals surface area contributed by atoms with E-state index in [1.165, 1.54) is 43.9 Å². The van der Waals surface area contributed by atoms with Crippen LogP contribution in [-0.2, 0) is 4.79 Å². The maximum atomic E-state index is 12.7. The van der Waals surface area contributed by atoms with Gasteiger partial charge in [-0.2, -0.15) is 4.98 Å². The number of aromatic nitrogens is 3. The molecule has 0 saturated heterocycles. The highest BCUT2D eigenvalue weighted by atomic mass is 32.2. The first-order valence-electron chi connectivity index (χ1n) is 8.80. The van der Waals surface area contributed by atoms with E-state index in [0.717, 1.165) is 30.1 Å². The summed E-state index contributed by atoms with van der Waals surface area (Å²) in [5, 5.41) is 10.4. The van der Waals surface area contributed by atoms with Gasteiger partial charge >= 0.3 is 0 Å². The third kappa shape index (κ3) is 2.73. The molecule has 6 atom stereocenters. The number of nitrogens with one attached hydrogen (secondary N) is 2. The number of hydrogen-bond donors (Lipinski definition) is 3.